The van der Waals surface area contributed by atoms with E-state index in [1.54, 1.807) is 12.3 Å². The summed E-state index contributed by atoms with van der Waals surface area (Å²) in [7, 11) is 0. The SMILES string of the molecule is O=C(CN1CCCC1)N1CCCC(c2cncc(-c3cccc(C(F)(F)F)c3)n2)C1. The molecule has 2 fully saturated rings. The fourth-order valence-electron chi connectivity index (χ4n) is 4.25. The maximum Gasteiger partial charge on any atom is 0.416 e. The van der Waals surface area contributed by atoms with E-state index in [-0.39, 0.29) is 11.8 Å². The molecule has 0 spiro atoms. The van der Waals surface area contributed by atoms with Crippen LogP contribution in [0.15, 0.2) is 36.7 Å². The molecule has 30 heavy (non-hydrogen) atoms. The molecular formula is C22H25F3N4O. The molecule has 1 unspecified atom stereocenters. The molecule has 1 atom stereocenters. The van der Waals surface area contributed by atoms with Crippen LogP contribution in [0.1, 0.15) is 42.9 Å². The van der Waals surface area contributed by atoms with Gasteiger partial charge in [0, 0.05) is 30.8 Å². The number of piperidine rings is 1. The lowest BCUT2D eigenvalue weighted by Gasteiger charge is -2.33. The summed E-state index contributed by atoms with van der Waals surface area (Å²) in [5.74, 6) is 0.183. The van der Waals surface area contributed by atoms with Gasteiger partial charge in [-0.15, -0.1) is 0 Å². The molecule has 2 aromatic rings. The van der Waals surface area contributed by atoms with Gasteiger partial charge in [0.25, 0.3) is 0 Å². The van der Waals surface area contributed by atoms with E-state index in [1.165, 1.54) is 12.3 Å². The molecule has 160 valence electrons. The van der Waals surface area contributed by atoms with Crippen LogP contribution in [-0.4, -0.2) is 58.4 Å². The van der Waals surface area contributed by atoms with Crippen molar-refractivity contribution < 1.29 is 18.0 Å². The van der Waals surface area contributed by atoms with E-state index in [4.69, 9.17) is 0 Å². The predicted octanol–water partition coefficient (Wildman–Crippen LogP) is 3.96. The molecule has 2 aliphatic heterocycles. The van der Waals surface area contributed by atoms with E-state index in [0.29, 0.717) is 24.3 Å². The summed E-state index contributed by atoms with van der Waals surface area (Å²) in [5.41, 5.74) is 0.822. The van der Waals surface area contributed by atoms with Crippen molar-refractivity contribution in [3.05, 3.63) is 47.9 Å². The summed E-state index contributed by atoms with van der Waals surface area (Å²) < 4.78 is 39.1. The number of hydrogen-bond donors (Lipinski definition) is 0. The monoisotopic (exact) mass is 418 g/mol. The summed E-state index contributed by atoms with van der Waals surface area (Å²) in [5, 5.41) is 0. The Kier molecular flexibility index (Phi) is 6.04. The van der Waals surface area contributed by atoms with E-state index >= 15 is 0 Å². The van der Waals surface area contributed by atoms with Crippen LogP contribution in [0.5, 0.6) is 0 Å². The van der Waals surface area contributed by atoms with Gasteiger partial charge in [0.15, 0.2) is 0 Å². The number of aromatic nitrogens is 2. The highest BCUT2D eigenvalue weighted by molar-refractivity contribution is 5.78. The van der Waals surface area contributed by atoms with Crippen molar-refractivity contribution in [2.24, 2.45) is 0 Å². The van der Waals surface area contributed by atoms with Gasteiger partial charge in [0.2, 0.25) is 5.91 Å². The third-order valence-electron chi connectivity index (χ3n) is 5.89. The maximum absolute atomic E-state index is 13.0. The van der Waals surface area contributed by atoms with Gasteiger partial charge in [-0.1, -0.05) is 12.1 Å². The van der Waals surface area contributed by atoms with Crippen molar-refractivity contribution in [1.29, 1.82) is 0 Å². The Balaban J connectivity index is 1.48. The summed E-state index contributed by atoms with van der Waals surface area (Å²) in [6.07, 6.45) is 2.80. The number of benzene rings is 1. The average molecular weight is 418 g/mol. The lowest BCUT2D eigenvalue weighted by molar-refractivity contribution is -0.137. The summed E-state index contributed by atoms with van der Waals surface area (Å²) in [6, 6.07) is 5.13. The van der Waals surface area contributed by atoms with Crippen LogP contribution in [-0.2, 0) is 11.0 Å². The van der Waals surface area contributed by atoms with Crippen molar-refractivity contribution in [2.45, 2.75) is 37.8 Å². The number of rotatable bonds is 4. The highest BCUT2D eigenvalue weighted by Crippen LogP contribution is 2.32. The van der Waals surface area contributed by atoms with Crippen molar-refractivity contribution in [3.8, 4) is 11.3 Å². The van der Waals surface area contributed by atoms with E-state index in [9.17, 15) is 18.0 Å². The van der Waals surface area contributed by atoms with Crippen LogP contribution in [0.25, 0.3) is 11.3 Å². The molecule has 0 aliphatic carbocycles. The van der Waals surface area contributed by atoms with Crippen molar-refractivity contribution in [1.82, 2.24) is 19.8 Å². The standard InChI is InChI=1S/C22H25F3N4O/c23-22(24,25)18-7-3-5-16(11-18)19-12-26-13-20(27-19)17-6-4-10-29(14-17)21(30)15-28-8-1-2-9-28/h3,5,7,11-13,17H,1-2,4,6,8-10,14-15H2. The first kappa shape index (κ1) is 20.8. The predicted molar refractivity (Wildman–Crippen MR) is 107 cm³/mol. The fraction of sp³-hybridized carbons (Fsp3) is 0.500. The number of amides is 1. The Labute approximate surface area is 173 Å². The van der Waals surface area contributed by atoms with Gasteiger partial charge in [-0.2, -0.15) is 13.2 Å². The number of nitrogens with zero attached hydrogens (tertiary/aromatic N) is 4. The molecule has 0 N–H and O–H groups in total. The third kappa shape index (κ3) is 4.80. The Morgan fingerprint density at radius 2 is 1.90 bits per heavy atom. The lowest BCUT2D eigenvalue weighted by atomic mass is 9.94. The Morgan fingerprint density at radius 3 is 2.67 bits per heavy atom. The minimum atomic E-state index is -4.40. The average Bonchev–Trinajstić information content (AvgIpc) is 3.26. The molecule has 2 aliphatic rings. The van der Waals surface area contributed by atoms with E-state index in [2.05, 4.69) is 14.9 Å². The number of carbonyl (C=O) groups is 1. The minimum absolute atomic E-state index is 0.0412. The number of alkyl halides is 3. The van der Waals surface area contributed by atoms with E-state index in [0.717, 1.165) is 63.1 Å². The molecule has 1 aromatic heterocycles. The zero-order chi connectivity index (χ0) is 21.1. The minimum Gasteiger partial charge on any atom is -0.341 e. The Bertz CT molecular complexity index is 896. The second-order valence-corrected chi connectivity index (χ2v) is 8.07. The smallest absolute Gasteiger partial charge is 0.341 e. The molecule has 1 amide bonds. The van der Waals surface area contributed by atoms with Crippen LogP contribution < -0.4 is 0 Å². The summed E-state index contributed by atoms with van der Waals surface area (Å²) >= 11 is 0. The van der Waals surface area contributed by atoms with E-state index < -0.39 is 11.7 Å². The number of hydrogen-bond acceptors (Lipinski definition) is 4. The number of halogens is 3. The van der Waals surface area contributed by atoms with Crippen LogP contribution in [0.2, 0.25) is 0 Å². The zero-order valence-electron chi connectivity index (χ0n) is 16.7. The quantitative estimate of drug-likeness (QED) is 0.754. The topological polar surface area (TPSA) is 49.3 Å². The van der Waals surface area contributed by atoms with Crippen molar-refractivity contribution >= 4 is 5.91 Å². The van der Waals surface area contributed by atoms with Gasteiger partial charge in [-0.25, -0.2) is 4.98 Å². The largest absolute Gasteiger partial charge is 0.416 e. The second kappa shape index (κ2) is 8.71. The number of likely N-dealkylation sites (tertiary alicyclic amines) is 2. The second-order valence-electron chi connectivity index (χ2n) is 8.07. The van der Waals surface area contributed by atoms with Crippen molar-refractivity contribution in [2.75, 3.05) is 32.7 Å². The van der Waals surface area contributed by atoms with E-state index in [1.807, 2.05) is 4.90 Å². The molecule has 5 nitrogen and oxygen atoms in total. The van der Waals surface area contributed by atoms with Gasteiger partial charge in [-0.3, -0.25) is 14.7 Å². The number of carbonyl (C=O) groups excluding carboxylic acids is 1. The maximum atomic E-state index is 13.0. The molecule has 3 heterocycles. The third-order valence-corrected chi connectivity index (χ3v) is 5.89. The van der Waals surface area contributed by atoms with Gasteiger partial charge < -0.3 is 4.90 Å². The highest BCUT2D eigenvalue weighted by atomic mass is 19.4. The first-order valence-corrected chi connectivity index (χ1v) is 10.4. The molecule has 8 heteroatoms. The van der Waals surface area contributed by atoms with Crippen LogP contribution in [0.3, 0.4) is 0 Å². The van der Waals surface area contributed by atoms with Gasteiger partial charge in [0.1, 0.15) is 0 Å². The van der Waals surface area contributed by atoms with Gasteiger partial charge >= 0.3 is 6.18 Å². The first-order chi connectivity index (χ1) is 14.4. The molecule has 2 saturated heterocycles. The van der Waals surface area contributed by atoms with Gasteiger partial charge in [0.05, 0.1) is 29.7 Å². The van der Waals surface area contributed by atoms with Crippen LogP contribution in [0, 0.1) is 0 Å². The van der Waals surface area contributed by atoms with Crippen molar-refractivity contribution in [3.63, 3.8) is 0 Å². The molecule has 0 radical (unpaired) electrons. The Morgan fingerprint density at radius 1 is 1.10 bits per heavy atom. The molecule has 0 saturated carbocycles. The van der Waals surface area contributed by atoms with Crippen LogP contribution in [0.4, 0.5) is 13.2 Å². The van der Waals surface area contributed by atoms with Crippen LogP contribution >= 0.6 is 0 Å². The first-order valence-electron chi connectivity index (χ1n) is 10.4. The summed E-state index contributed by atoms with van der Waals surface area (Å²) in [6.45, 7) is 3.74. The molecule has 4 rings (SSSR count). The normalized spacial score (nSPS) is 20.5. The Hall–Kier alpha value is -2.48. The lowest BCUT2D eigenvalue weighted by Crippen LogP contribution is -2.44. The zero-order valence-corrected chi connectivity index (χ0v) is 16.7. The molecular weight excluding hydrogens is 393 g/mol. The molecule has 0 bridgehead atoms. The fourth-order valence-corrected chi connectivity index (χ4v) is 4.25. The highest BCUT2D eigenvalue weighted by Gasteiger charge is 2.31. The molecule has 1 aromatic carbocycles. The van der Waals surface area contributed by atoms with Gasteiger partial charge in [-0.05, 0) is 50.9 Å². The summed E-state index contributed by atoms with van der Waals surface area (Å²) in [4.78, 5) is 25.6.